The van der Waals surface area contributed by atoms with Crippen molar-refractivity contribution in [2.45, 2.75) is 11.3 Å². The highest BCUT2D eigenvalue weighted by Crippen LogP contribution is 2.13. The third kappa shape index (κ3) is 4.54. The van der Waals surface area contributed by atoms with Crippen LogP contribution in [-0.2, 0) is 16.4 Å². The van der Waals surface area contributed by atoms with Gasteiger partial charge in [-0.15, -0.1) is 0 Å². The summed E-state index contributed by atoms with van der Waals surface area (Å²) in [6.45, 7) is 0.245. The van der Waals surface area contributed by atoms with E-state index in [1.165, 1.54) is 24.3 Å². The summed E-state index contributed by atoms with van der Waals surface area (Å²) in [5, 5.41) is 8.81. The highest BCUT2D eigenvalue weighted by atomic mass is 32.2. The van der Waals surface area contributed by atoms with Gasteiger partial charge in [0.25, 0.3) is 0 Å². The molecular weight excluding hydrogens is 318 g/mol. The Balaban J connectivity index is 1.96. The summed E-state index contributed by atoms with van der Waals surface area (Å²) in [7, 11) is -2.07. The van der Waals surface area contributed by atoms with Crippen LogP contribution in [-0.4, -0.2) is 33.1 Å². The number of carboxylic acids is 1. The van der Waals surface area contributed by atoms with Crippen LogP contribution < -0.4 is 9.46 Å². The van der Waals surface area contributed by atoms with Crippen molar-refractivity contribution in [1.29, 1.82) is 0 Å². The van der Waals surface area contributed by atoms with Gasteiger partial charge in [0.1, 0.15) is 5.75 Å². The van der Waals surface area contributed by atoms with Crippen LogP contribution in [0.25, 0.3) is 0 Å². The van der Waals surface area contributed by atoms with Crippen LogP contribution in [0.2, 0.25) is 0 Å². The summed E-state index contributed by atoms with van der Waals surface area (Å²) in [4.78, 5) is 10.8. The Hall–Kier alpha value is -2.38. The Morgan fingerprint density at radius 2 is 1.70 bits per heavy atom. The molecular formula is C16H17NO5S. The van der Waals surface area contributed by atoms with Crippen molar-refractivity contribution in [2.24, 2.45) is 0 Å². The van der Waals surface area contributed by atoms with Crippen molar-refractivity contribution in [3.63, 3.8) is 0 Å². The van der Waals surface area contributed by atoms with Crippen molar-refractivity contribution in [1.82, 2.24) is 4.72 Å². The molecule has 0 bridgehead atoms. The van der Waals surface area contributed by atoms with E-state index in [-0.39, 0.29) is 17.0 Å². The molecule has 2 aromatic rings. The van der Waals surface area contributed by atoms with Gasteiger partial charge in [0.2, 0.25) is 10.0 Å². The zero-order valence-electron chi connectivity index (χ0n) is 12.5. The van der Waals surface area contributed by atoms with E-state index in [1.807, 2.05) is 24.3 Å². The number of hydrogen-bond donors (Lipinski definition) is 2. The Kier molecular flexibility index (Phi) is 5.36. The van der Waals surface area contributed by atoms with E-state index in [2.05, 4.69) is 4.72 Å². The lowest BCUT2D eigenvalue weighted by atomic mass is 10.1. The van der Waals surface area contributed by atoms with Gasteiger partial charge >= 0.3 is 5.97 Å². The molecule has 0 aliphatic carbocycles. The molecule has 0 saturated heterocycles. The fraction of sp³-hybridized carbons (Fsp3) is 0.188. The molecule has 2 rings (SSSR count). The van der Waals surface area contributed by atoms with Crippen LogP contribution in [0, 0.1) is 0 Å². The number of carbonyl (C=O) groups is 1. The van der Waals surface area contributed by atoms with Gasteiger partial charge in [-0.1, -0.05) is 12.1 Å². The molecule has 6 nitrogen and oxygen atoms in total. The van der Waals surface area contributed by atoms with Gasteiger partial charge in [-0.05, 0) is 48.4 Å². The fourth-order valence-electron chi connectivity index (χ4n) is 1.98. The van der Waals surface area contributed by atoms with E-state index < -0.39 is 16.0 Å². The Labute approximate surface area is 134 Å². The molecule has 0 atom stereocenters. The molecule has 2 aromatic carbocycles. The highest BCUT2D eigenvalue weighted by Gasteiger charge is 2.14. The first kappa shape index (κ1) is 17.0. The molecule has 2 N–H and O–H groups in total. The molecule has 0 aliphatic rings. The van der Waals surface area contributed by atoms with Crippen molar-refractivity contribution in [3.05, 3.63) is 59.7 Å². The number of carboxylic acid groups (broad SMARTS) is 1. The SMILES string of the molecule is COc1ccc(CCNS(=O)(=O)c2ccc(C(=O)O)cc2)cc1. The number of aromatic carboxylic acids is 1. The lowest BCUT2D eigenvalue weighted by Gasteiger charge is -2.07. The third-order valence-electron chi connectivity index (χ3n) is 3.28. The number of hydrogen-bond acceptors (Lipinski definition) is 4. The first-order chi connectivity index (χ1) is 10.9. The average molecular weight is 335 g/mol. The van der Waals surface area contributed by atoms with Crippen molar-refractivity contribution in [3.8, 4) is 5.75 Å². The van der Waals surface area contributed by atoms with E-state index >= 15 is 0 Å². The normalized spacial score (nSPS) is 11.2. The van der Waals surface area contributed by atoms with Gasteiger partial charge < -0.3 is 9.84 Å². The molecule has 0 aromatic heterocycles. The van der Waals surface area contributed by atoms with E-state index in [9.17, 15) is 13.2 Å². The quantitative estimate of drug-likeness (QED) is 0.806. The van der Waals surface area contributed by atoms with E-state index in [1.54, 1.807) is 7.11 Å². The van der Waals surface area contributed by atoms with Gasteiger partial charge in [-0.3, -0.25) is 0 Å². The summed E-state index contributed by atoms with van der Waals surface area (Å²) >= 11 is 0. The van der Waals surface area contributed by atoms with Gasteiger partial charge in [-0.25, -0.2) is 17.9 Å². The van der Waals surface area contributed by atoms with Gasteiger partial charge in [-0.2, -0.15) is 0 Å². The maximum Gasteiger partial charge on any atom is 0.335 e. The lowest BCUT2D eigenvalue weighted by molar-refractivity contribution is 0.0696. The second-order valence-electron chi connectivity index (χ2n) is 4.83. The number of methoxy groups -OCH3 is 1. The zero-order chi connectivity index (χ0) is 16.9. The molecule has 0 saturated carbocycles. The first-order valence-corrected chi connectivity index (χ1v) is 8.36. The number of rotatable bonds is 7. The molecule has 0 heterocycles. The number of nitrogens with one attached hydrogen (secondary N) is 1. The minimum absolute atomic E-state index is 0.0391. The van der Waals surface area contributed by atoms with Crippen LogP contribution in [0.15, 0.2) is 53.4 Å². The standard InChI is InChI=1S/C16H17NO5S/c1-22-14-6-2-12(3-7-14)10-11-17-23(20,21)15-8-4-13(5-9-15)16(18)19/h2-9,17H,10-11H2,1H3,(H,18,19). The van der Waals surface area contributed by atoms with Crippen LogP contribution >= 0.6 is 0 Å². The Bertz CT molecular complexity index is 767. The molecule has 0 fully saturated rings. The molecule has 23 heavy (non-hydrogen) atoms. The predicted molar refractivity (Wildman–Crippen MR) is 85.3 cm³/mol. The van der Waals surface area contributed by atoms with Gasteiger partial charge in [0.05, 0.1) is 17.6 Å². The largest absolute Gasteiger partial charge is 0.497 e. The van der Waals surface area contributed by atoms with E-state index in [0.29, 0.717) is 6.42 Å². The number of ether oxygens (including phenoxy) is 1. The second kappa shape index (κ2) is 7.26. The molecule has 0 amide bonds. The third-order valence-corrected chi connectivity index (χ3v) is 4.75. The Morgan fingerprint density at radius 1 is 1.09 bits per heavy atom. The summed E-state index contributed by atoms with van der Waals surface area (Å²) in [6.07, 6.45) is 0.538. The highest BCUT2D eigenvalue weighted by molar-refractivity contribution is 7.89. The maximum absolute atomic E-state index is 12.1. The van der Waals surface area contributed by atoms with Crippen molar-refractivity contribution in [2.75, 3.05) is 13.7 Å². The summed E-state index contributed by atoms with van der Waals surface area (Å²) in [5.41, 5.74) is 1.02. The van der Waals surface area contributed by atoms with E-state index in [4.69, 9.17) is 9.84 Å². The molecule has 7 heteroatoms. The summed E-state index contributed by atoms with van der Waals surface area (Å²) < 4.78 is 31.8. The van der Waals surface area contributed by atoms with Crippen LogP contribution in [0.5, 0.6) is 5.75 Å². The first-order valence-electron chi connectivity index (χ1n) is 6.88. The smallest absolute Gasteiger partial charge is 0.335 e. The lowest BCUT2D eigenvalue weighted by Crippen LogP contribution is -2.26. The monoisotopic (exact) mass is 335 g/mol. The fourth-order valence-corrected chi connectivity index (χ4v) is 3.01. The Morgan fingerprint density at radius 3 is 2.22 bits per heavy atom. The number of benzene rings is 2. The van der Waals surface area contributed by atoms with Crippen LogP contribution in [0.3, 0.4) is 0 Å². The summed E-state index contributed by atoms with van der Waals surface area (Å²) in [6, 6.07) is 12.4. The molecule has 0 aliphatic heterocycles. The second-order valence-corrected chi connectivity index (χ2v) is 6.59. The summed E-state index contributed by atoms with van der Waals surface area (Å²) in [5.74, 6) is -0.353. The average Bonchev–Trinajstić information content (AvgIpc) is 2.55. The van der Waals surface area contributed by atoms with Crippen LogP contribution in [0.4, 0.5) is 0 Å². The van der Waals surface area contributed by atoms with Crippen molar-refractivity contribution < 1.29 is 23.1 Å². The molecule has 0 spiro atoms. The topological polar surface area (TPSA) is 92.7 Å². The zero-order valence-corrected chi connectivity index (χ0v) is 13.3. The minimum atomic E-state index is -3.65. The minimum Gasteiger partial charge on any atom is -0.497 e. The number of sulfonamides is 1. The van der Waals surface area contributed by atoms with E-state index in [0.717, 1.165) is 11.3 Å². The van der Waals surface area contributed by atoms with Crippen LogP contribution in [0.1, 0.15) is 15.9 Å². The molecule has 0 radical (unpaired) electrons. The van der Waals surface area contributed by atoms with Gasteiger partial charge in [0, 0.05) is 6.54 Å². The maximum atomic E-state index is 12.1. The van der Waals surface area contributed by atoms with Gasteiger partial charge in [0.15, 0.2) is 0 Å². The molecule has 122 valence electrons. The molecule has 0 unspecified atom stereocenters. The van der Waals surface area contributed by atoms with Crippen molar-refractivity contribution >= 4 is 16.0 Å². The predicted octanol–water partition coefficient (Wildman–Crippen LogP) is 1.91.